The molecule has 1 heteroatoms. The molecule has 16 heavy (non-hydrogen) atoms. The van der Waals surface area contributed by atoms with Crippen LogP contribution in [-0.4, -0.2) is 5.11 Å². The van der Waals surface area contributed by atoms with Crippen LogP contribution in [0.2, 0.25) is 0 Å². The lowest BCUT2D eigenvalue weighted by Crippen LogP contribution is -1.99. The predicted octanol–water partition coefficient (Wildman–Crippen LogP) is 5.27. The lowest BCUT2D eigenvalue weighted by molar-refractivity contribution is 0.435. The van der Waals surface area contributed by atoms with Crippen LogP contribution in [0, 0.1) is 11.8 Å². The fourth-order valence-corrected chi connectivity index (χ4v) is 1.14. The van der Waals surface area contributed by atoms with Gasteiger partial charge in [-0.25, -0.2) is 0 Å². The minimum Gasteiger partial charge on any atom is -0.509 e. The van der Waals surface area contributed by atoms with Gasteiger partial charge in [-0.05, 0) is 24.3 Å². The second-order valence-electron chi connectivity index (χ2n) is 4.27. The van der Waals surface area contributed by atoms with Crippen molar-refractivity contribution in [1.29, 1.82) is 0 Å². The molecule has 0 aromatic heterocycles. The third-order valence-corrected chi connectivity index (χ3v) is 2.30. The summed E-state index contributed by atoms with van der Waals surface area (Å²) in [5, 5.41) is 8.88. The summed E-state index contributed by atoms with van der Waals surface area (Å²) in [5.74, 6) is 1.30. The number of aliphatic hydroxyl groups is 1. The quantitative estimate of drug-likeness (QED) is 0.481. The summed E-state index contributed by atoms with van der Waals surface area (Å²) in [4.78, 5) is 0. The van der Waals surface area contributed by atoms with Crippen molar-refractivity contribution in [2.45, 2.75) is 47.5 Å². The summed E-state index contributed by atoms with van der Waals surface area (Å²) in [6.45, 7) is 18.0. The van der Waals surface area contributed by atoms with Crippen LogP contribution >= 0.6 is 0 Å². The van der Waals surface area contributed by atoms with Crippen molar-refractivity contribution in [2.75, 3.05) is 0 Å². The maximum Gasteiger partial charge on any atom is 0.108 e. The summed E-state index contributed by atoms with van der Waals surface area (Å²) in [6.07, 6.45) is 5.80. The summed E-state index contributed by atoms with van der Waals surface area (Å²) in [6, 6.07) is 0. The Kier molecular flexibility index (Phi) is 11.5. The summed E-state index contributed by atoms with van der Waals surface area (Å²) < 4.78 is 0. The van der Waals surface area contributed by atoms with E-state index in [2.05, 4.69) is 33.9 Å². The molecule has 0 fully saturated rings. The molecule has 0 unspecified atom stereocenters. The summed E-state index contributed by atoms with van der Waals surface area (Å²) >= 11 is 0. The first kappa shape index (κ1) is 17.4. The van der Waals surface area contributed by atoms with Crippen molar-refractivity contribution in [3.05, 3.63) is 36.6 Å². The molecule has 0 radical (unpaired) electrons. The molecule has 0 amide bonds. The van der Waals surface area contributed by atoms with E-state index in [4.69, 9.17) is 5.11 Å². The Morgan fingerprint density at radius 3 is 1.94 bits per heavy atom. The van der Waals surface area contributed by atoms with Crippen molar-refractivity contribution in [2.24, 2.45) is 11.8 Å². The SMILES string of the molecule is C=C(O)/C=C\C(=C)[C@@H](C)CCC(C)C.CC. The minimum atomic E-state index is 0.0854. The van der Waals surface area contributed by atoms with Gasteiger partial charge in [0.15, 0.2) is 0 Å². The largest absolute Gasteiger partial charge is 0.509 e. The van der Waals surface area contributed by atoms with Gasteiger partial charge in [0.25, 0.3) is 0 Å². The van der Waals surface area contributed by atoms with Crippen molar-refractivity contribution >= 4 is 0 Å². The molecule has 0 saturated carbocycles. The molecule has 0 aromatic rings. The molecular weight excluding hydrogens is 196 g/mol. The summed E-state index contributed by atoms with van der Waals surface area (Å²) in [5.41, 5.74) is 1.06. The van der Waals surface area contributed by atoms with Crippen molar-refractivity contribution in [3.8, 4) is 0 Å². The Morgan fingerprint density at radius 1 is 1.06 bits per heavy atom. The van der Waals surface area contributed by atoms with E-state index < -0.39 is 0 Å². The molecule has 1 atom stereocenters. The molecule has 0 bridgehead atoms. The molecule has 0 saturated heterocycles. The number of rotatable bonds is 6. The highest BCUT2D eigenvalue weighted by Crippen LogP contribution is 2.19. The first-order chi connectivity index (χ1) is 7.43. The standard InChI is InChI=1S/C13H22O.C2H6/c1-10(2)6-7-11(3)12(4)8-9-13(5)14;1-2/h8-11,14H,4-7H2,1-3H3;1-2H3/b9-8-;/t11-;/m0./s1. The monoisotopic (exact) mass is 224 g/mol. The van der Waals surface area contributed by atoms with Crippen LogP contribution in [0.3, 0.4) is 0 Å². The maximum atomic E-state index is 8.88. The van der Waals surface area contributed by atoms with Crippen LogP contribution in [0.4, 0.5) is 0 Å². The normalized spacial score (nSPS) is 12.1. The molecule has 0 aliphatic rings. The predicted molar refractivity (Wildman–Crippen MR) is 74.6 cm³/mol. The Bertz CT molecular complexity index is 224. The maximum absolute atomic E-state index is 8.88. The van der Waals surface area contributed by atoms with E-state index in [1.807, 2.05) is 19.9 Å². The van der Waals surface area contributed by atoms with Gasteiger partial charge in [0.2, 0.25) is 0 Å². The van der Waals surface area contributed by atoms with E-state index in [1.165, 1.54) is 6.42 Å². The molecule has 94 valence electrons. The molecule has 1 N–H and O–H groups in total. The van der Waals surface area contributed by atoms with E-state index >= 15 is 0 Å². The highest BCUT2D eigenvalue weighted by atomic mass is 16.3. The zero-order valence-electron chi connectivity index (χ0n) is 11.6. The zero-order valence-corrected chi connectivity index (χ0v) is 11.6. The van der Waals surface area contributed by atoms with Gasteiger partial charge in [0.1, 0.15) is 5.76 Å². The van der Waals surface area contributed by atoms with E-state index in [-0.39, 0.29) is 5.76 Å². The number of aliphatic hydroxyl groups excluding tert-OH is 1. The smallest absolute Gasteiger partial charge is 0.108 e. The lowest BCUT2D eigenvalue weighted by Gasteiger charge is -2.12. The van der Waals surface area contributed by atoms with E-state index in [9.17, 15) is 0 Å². The van der Waals surface area contributed by atoms with Crippen LogP contribution < -0.4 is 0 Å². The fraction of sp³-hybridized carbons (Fsp3) is 0.600. The molecule has 0 rings (SSSR count). The minimum absolute atomic E-state index is 0.0854. The third-order valence-electron chi connectivity index (χ3n) is 2.30. The number of hydrogen-bond acceptors (Lipinski definition) is 1. The lowest BCUT2D eigenvalue weighted by atomic mass is 9.93. The van der Waals surface area contributed by atoms with Crippen molar-refractivity contribution in [1.82, 2.24) is 0 Å². The average Bonchev–Trinajstić information content (AvgIpc) is 2.25. The third kappa shape index (κ3) is 11.1. The number of allylic oxidation sites excluding steroid dienone is 3. The van der Waals surface area contributed by atoms with Gasteiger partial charge < -0.3 is 5.11 Å². The second-order valence-corrected chi connectivity index (χ2v) is 4.27. The highest BCUT2D eigenvalue weighted by Gasteiger charge is 2.05. The first-order valence-corrected chi connectivity index (χ1v) is 6.18. The number of hydrogen-bond donors (Lipinski definition) is 1. The zero-order chi connectivity index (χ0) is 13.1. The molecule has 0 aromatic carbocycles. The van der Waals surface area contributed by atoms with Gasteiger partial charge in [-0.2, -0.15) is 0 Å². The van der Waals surface area contributed by atoms with Crippen LogP contribution in [0.5, 0.6) is 0 Å². The Labute approximate surface area is 102 Å². The Hall–Kier alpha value is -0.980. The van der Waals surface area contributed by atoms with Gasteiger partial charge in [0.05, 0.1) is 0 Å². The summed E-state index contributed by atoms with van der Waals surface area (Å²) in [7, 11) is 0. The van der Waals surface area contributed by atoms with Gasteiger partial charge in [-0.3, -0.25) is 0 Å². The molecule has 1 nitrogen and oxygen atoms in total. The van der Waals surface area contributed by atoms with Gasteiger partial charge in [-0.1, -0.05) is 65.8 Å². The van der Waals surface area contributed by atoms with E-state index in [0.29, 0.717) is 5.92 Å². The first-order valence-electron chi connectivity index (χ1n) is 6.18. The molecular formula is C15H28O. The van der Waals surface area contributed by atoms with Crippen molar-refractivity contribution in [3.63, 3.8) is 0 Å². The van der Waals surface area contributed by atoms with Crippen LogP contribution in [0.1, 0.15) is 47.5 Å². The highest BCUT2D eigenvalue weighted by molar-refractivity contribution is 5.22. The molecule has 0 aliphatic carbocycles. The average molecular weight is 224 g/mol. The van der Waals surface area contributed by atoms with Crippen molar-refractivity contribution < 1.29 is 5.11 Å². The second kappa shape index (κ2) is 10.5. The molecule has 0 aliphatic heterocycles. The van der Waals surface area contributed by atoms with Gasteiger partial charge in [-0.15, -0.1) is 0 Å². The fourth-order valence-electron chi connectivity index (χ4n) is 1.14. The van der Waals surface area contributed by atoms with E-state index in [1.54, 1.807) is 6.08 Å². The molecule has 0 heterocycles. The van der Waals surface area contributed by atoms with Crippen LogP contribution in [0.15, 0.2) is 36.6 Å². The molecule has 0 spiro atoms. The van der Waals surface area contributed by atoms with Gasteiger partial charge in [0, 0.05) is 0 Å². The van der Waals surface area contributed by atoms with Gasteiger partial charge >= 0.3 is 0 Å². The van der Waals surface area contributed by atoms with E-state index in [0.717, 1.165) is 17.9 Å². The topological polar surface area (TPSA) is 20.2 Å². The van der Waals surface area contributed by atoms with Crippen LogP contribution in [0.25, 0.3) is 0 Å². The Morgan fingerprint density at radius 2 is 1.56 bits per heavy atom. The Balaban J connectivity index is 0. The van der Waals surface area contributed by atoms with Crippen LogP contribution in [-0.2, 0) is 0 Å².